The van der Waals surface area contributed by atoms with Gasteiger partial charge in [0.25, 0.3) is 0 Å². The second kappa shape index (κ2) is 13.6. The van der Waals surface area contributed by atoms with Gasteiger partial charge in [-0.2, -0.15) is 0 Å². The van der Waals surface area contributed by atoms with Gasteiger partial charge in [-0.3, -0.25) is 9.79 Å². The summed E-state index contributed by atoms with van der Waals surface area (Å²) in [5.74, 6) is 1.85. The van der Waals surface area contributed by atoms with Crippen LogP contribution in [0.15, 0.2) is 23.2 Å². The third-order valence-electron chi connectivity index (χ3n) is 3.31. The molecule has 1 aromatic carbocycles. The molecule has 0 spiro atoms. The largest absolute Gasteiger partial charge is 0.493 e. The Morgan fingerprint density at radius 2 is 1.84 bits per heavy atom. The molecule has 0 heterocycles. The molecule has 0 saturated heterocycles. The van der Waals surface area contributed by atoms with Crippen LogP contribution in [-0.2, 0) is 16.0 Å². The Hall–Kier alpha value is -1.71. The van der Waals surface area contributed by atoms with Crippen molar-refractivity contribution in [2.24, 2.45) is 4.99 Å². The van der Waals surface area contributed by atoms with Crippen LogP contribution in [0.1, 0.15) is 18.9 Å². The highest BCUT2D eigenvalue weighted by Gasteiger charge is 2.05. The van der Waals surface area contributed by atoms with E-state index in [4.69, 9.17) is 9.47 Å². The first-order chi connectivity index (χ1) is 11.6. The second-order valence-electron chi connectivity index (χ2n) is 4.95. The van der Waals surface area contributed by atoms with E-state index in [0.29, 0.717) is 30.5 Å². The molecule has 7 nitrogen and oxygen atoms in total. The molecule has 0 amide bonds. The van der Waals surface area contributed by atoms with Crippen LogP contribution in [0.5, 0.6) is 11.5 Å². The van der Waals surface area contributed by atoms with Crippen LogP contribution < -0.4 is 20.1 Å². The quantitative estimate of drug-likeness (QED) is 0.251. The molecule has 0 atom stereocenters. The number of hydrogen-bond donors (Lipinski definition) is 2. The maximum atomic E-state index is 11.1. The van der Waals surface area contributed by atoms with Gasteiger partial charge in [-0.25, -0.2) is 0 Å². The molecule has 0 saturated carbocycles. The summed E-state index contributed by atoms with van der Waals surface area (Å²) >= 11 is 0. The highest BCUT2D eigenvalue weighted by Crippen LogP contribution is 2.27. The summed E-state index contributed by atoms with van der Waals surface area (Å²) in [6, 6.07) is 5.86. The molecule has 0 aliphatic carbocycles. The fourth-order valence-corrected chi connectivity index (χ4v) is 2.06. The van der Waals surface area contributed by atoms with Gasteiger partial charge in [0, 0.05) is 13.1 Å². The van der Waals surface area contributed by atoms with Gasteiger partial charge in [0.15, 0.2) is 17.5 Å². The van der Waals surface area contributed by atoms with Gasteiger partial charge in [0.05, 0.1) is 34.3 Å². The van der Waals surface area contributed by atoms with E-state index in [1.807, 2.05) is 25.1 Å². The van der Waals surface area contributed by atoms with E-state index in [1.165, 1.54) is 7.11 Å². The van der Waals surface area contributed by atoms with E-state index >= 15 is 0 Å². The third-order valence-corrected chi connectivity index (χ3v) is 3.31. The van der Waals surface area contributed by atoms with Gasteiger partial charge >= 0.3 is 5.97 Å². The van der Waals surface area contributed by atoms with E-state index in [1.54, 1.807) is 14.2 Å². The van der Waals surface area contributed by atoms with Crippen molar-refractivity contribution >= 4 is 35.9 Å². The Labute approximate surface area is 166 Å². The molecule has 142 valence electrons. The SMILES string of the molecule is CCNC(=NCCC(=O)OC)NCCc1ccc(OC)c(OC)c1.I. The lowest BCUT2D eigenvalue weighted by Gasteiger charge is -2.12. The summed E-state index contributed by atoms with van der Waals surface area (Å²) in [5, 5.41) is 6.39. The molecule has 2 N–H and O–H groups in total. The van der Waals surface area contributed by atoms with Crippen molar-refractivity contribution in [1.29, 1.82) is 0 Å². The number of hydrogen-bond acceptors (Lipinski definition) is 5. The third kappa shape index (κ3) is 8.80. The Bertz CT molecular complexity index is 553. The molecular weight excluding hydrogens is 437 g/mol. The fraction of sp³-hybridized carbons (Fsp3) is 0.529. The van der Waals surface area contributed by atoms with Crippen molar-refractivity contribution in [1.82, 2.24) is 10.6 Å². The highest BCUT2D eigenvalue weighted by molar-refractivity contribution is 14.0. The maximum Gasteiger partial charge on any atom is 0.307 e. The molecule has 25 heavy (non-hydrogen) atoms. The van der Waals surface area contributed by atoms with Crippen LogP contribution in [0.2, 0.25) is 0 Å². The lowest BCUT2D eigenvalue weighted by Crippen LogP contribution is -2.38. The van der Waals surface area contributed by atoms with Crippen LogP contribution in [0.4, 0.5) is 0 Å². The number of carbonyl (C=O) groups is 1. The molecule has 0 unspecified atom stereocenters. The molecule has 1 aromatic rings. The Morgan fingerprint density at radius 1 is 1.12 bits per heavy atom. The average Bonchev–Trinajstić information content (AvgIpc) is 2.61. The van der Waals surface area contributed by atoms with Crippen LogP contribution in [0.3, 0.4) is 0 Å². The highest BCUT2D eigenvalue weighted by atomic mass is 127. The number of halogens is 1. The number of ether oxygens (including phenoxy) is 3. The number of carbonyl (C=O) groups excluding carboxylic acids is 1. The van der Waals surface area contributed by atoms with Crippen molar-refractivity contribution in [3.63, 3.8) is 0 Å². The topological polar surface area (TPSA) is 81.2 Å². The molecule has 1 rings (SSSR count). The number of benzene rings is 1. The summed E-state index contributed by atoms with van der Waals surface area (Å²) in [5.41, 5.74) is 1.13. The number of nitrogens with one attached hydrogen (secondary N) is 2. The van der Waals surface area contributed by atoms with Gasteiger partial charge < -0.3 is 24.8 Å². The molecule has 0 aromatic heterocycles. The zero-order valence-corrected chi connectivity index (χ0v) is 17.6. The molecule has 0 aliphatic heterocycles. The van der Waals surface area contributed by atoms with E-state index in [0.717, 1.165) is 18.5 Å². The summed E-state index contributed by atoms with van der Waals surface area (Å²) in [4.78, 5) is 15.5. The first-order valence-electron chi connectivity index (χ1n) is 7.94. The van der Waals surface area contributed by atoms with Crippen molar-refractivity contribution in [2.45, 2.75) is 19.8 Å². The van der Waals surface area contributed by atoms with Crippen molar-refractivity contribution in [3.8, 4) is 11.5 Å². The summed E-state index contributed by atoms with van der Waals surface area (Å²) in [7, 11) is 4.61. The standard InChI is InChI=1S/C17H27N3O4.HI/c1-5-18-17(20-11-9-16(21)24-4)19-10-8-13-6-7-14(22-2)15(12-13)23-3;/h6-7,12H,5,8-11H2,1-4H3,(H2,18,19,20);1H. The number of guanidine groups is 1. The summed E-state index contributed by atoms with van der Waals surface area (Å²) < 4.78 is 15.1. The van der Waals surface area contributed by atoms with Gasteiger partial charge in [-0.05, 0) is 31.0 Å². The fourth-order valence-electron chi connectivity index (χ4n) is 2.06. The van der Waals surface area contributed by atoms with Crippen molar-refractivity contribution in [2.75, 3.05) is 41.0 Å². The normalized spacial score (nSPS) is 10.5. The maximum absolute atomic E-state index is 11.1. The summed E-state index contributed by atoms with van der Waals surface area (Å²) in [6.07, 6.45) is 1.07. The van der Waals surface area contributed by atoms with Crippen LogP contribution in [0, 0.1) is 0 Å². The number of aliphatic imine (C=N–C) groups is 1. The van der Waals surface area contributed by atoms with Crippen molar-refractivity contribution < 1.29 is 19.0 Å². The van der Waals surface area contributed by atoms with Gasteiger partial charge in [0.2, 0.25) is 0 Å². The average molecular weight is 465 g/mol. The first kappa shape index (κ1) is 23.3. The molecule has 0 aliphatic rings. The van der Waals surface area contributed by atoms with E-state index in [9.17, 15) is 4.79 Å². The van der Waals surface area contributed by atoms with Crippen molar-refractivity contribution in [3.05, 3.63) is 23.8 Å². The Kier molecular flexibility index (Phi) is 12.6. The van der Waals surface area contributed by atoms with Crippen LogP contribution >= 0.6 is 24.0 Å². The van der Waals surface area contributed by atoms with E-state index in [2.05, 4.69) is 20.4 Å². The molecule has 0 radical (unpaired) electrons. The zero-order chi connectivity index (χ0) is 17.8. The van der Waals surface area contributed by atoms with Crippen LogP contribution in [-0.4, -0.2) is 52.9 Å². The number of rotatable bonds is 9. The monoisotopic (exact) mass is 465 g/mol. The molecular formula is C17H28IN3O4. The predicted molar refractivity (Wildman–Crippen MR) is 109 cm³/mol. The smallest absolute Gasteiger partial charge is 0.307 e. The first-order valence-corrected chi connectivity index (χ1v) is 7.94. The van der Waals surface area contributed by atoms with E-state index in [-0.39, 0.29) is 36.4 Å². The summed E-state index contributed by atoms with van der Waals surface area (Å²) in [6.45, 7) is 3.84. The minimum Gasteiger partial charge on any atom is -0.493 e. The predicted octanol–water partition coefficient (Wildman–Crippen LogP) is 1.98. The molecule has 0 fully saturated rings. The van der Waals surface area contributed by atoms with Crippen LogP contribution in [0.25, 0.3) is 0 Å². The lowest BCUT2D eigenvalue weighted by atomic mass is 10.1. The Morgan fingerprint density at radius 3 is 2.44 bits per heavy atom. The number of esters is 1. The molecule has 0 bridgehead atoms. The van der Waals surface area contributed by atoms with Gasteiger partial charge in [-0.1, -0.05) is 6.07 Å². The second-order valence-corrected chi connectivity index (χ2v) is 4.95. The van der Waals surface area contributed by atoms with Gasteiger partial charge in [-0.15, -0.1) is 24.0 Å². The lowest BCUT2D eigenvalue weighted by molar-refractivity contribution is -0.140. The number of nitrogens with zero attached hydrogens (tertiary/aromatic N) is 1. The number of methoxy groups -OCH3 is 3. The van der Waals surface area contributed by atoms with Gasteiger partial charge in [0.1, 0.15) is 0 Å². The Balaban J connectivity index is 0.00000576. The minimum absolute atomic E-state index is 0. The van der Waals surface area contributed by atoms with E-state index < -0.39 is 0 Å². The molecule has 8 heteroatoms. The zero-order valence-electron chi connectivity index (χ0n) is 15.3. The minimum atomic E-state index is -0.264.